The van der Waals surface area contributed by atoms with Crippen molar-refractivity contribution in [1.82, 2.24) is 4.98 Å². The summed E-state index contributed by atoms with van der Waals surface area (Å²) in [6.07, 6.45) is 3.36. The smallest absolute Gasteiger partial charge is 0.311 e. The van der Waals surface area contributed by atoms with Crippen LogP contribution in [-0.4, -0.2) is 16.5 Å². The molecule has 0 aliphatic carbocycles. The van der Waals surface area contributed by atoms with Gasteiger partial charge in [0.2, 0.25) is 5.82 Å². The first-order valence-corrected chi connectivity index (χ1v) is 6.78. The number of halogens is 1. The second-order valence-corrected chi connectivity index (χ2v) is 5.01. The van der Waals surface area contributed by atoms with Crippen molar-refractivity contribution in [2.75, 3.05) is 11.4 Å². The van der Waals surface area contributed by atoms with E-state index in [4.69, 9.17) is 0 Å². The van der Waals surface area contributed by atoms with Gasteiger partial charge in [-0.25, -0.2) is 9.37 Å². The molecule has 1 aromatic heterocycles. The average Bonchev–Trinajstić information content (AvgIpc) is 2.97. The second-order valence-electron chi connectivity index (χ2n) is 5.01. The van der Waals surface area contributed by atoms with Crippen molar-refractivity contribution in [2.45, 2.75) is 18.9 Å². The Balaban J connectivity index is 1.98. The number of benzene rings is 1. The van der Waals surface area contributed by atoms with E-state index in [2.05, 4.69) is 4.98 Å². The van der Waals surface area contributed by atoms with Gasteiger partial charge in [-0.1, -0.05) is 12.1 Å². The Bertz CT molecular complexity index is 660. The highest BCUT2D eigenvalue weighted by Gasteiger charge is 2.31. The summed E-state index contributed by atoms with van der Waals surface area (Å²) in [6, 6.07) is 9.31. The molecule has 1 fully saturated rings. The zero-order chi connectivity index (χ0) is 14.8. The Kier molecular flexibility index (Phi) is 3.51. The summed E-state index contributed by atoms with van der Waals surface area (Å²) in [4.78, 5) is 16.9. The van der Waals surface area contributed by atoms with Gasteiger partial charge in [-0.3, -0.25) is 10.1 Å². The maximum atomic E-state index is 13.0. The maximum absolute atomic E-state index is 13.0. The molecular formula is C15H14FN3O2. The number of pyridine rings is 1. The van der Waals surface area contributed by atoms with Gasteiger partial charge in [-0.05, 0) is 36.6 Å². The molecular weight excluding hydrogens is 273 g/mol. The molecule has 2 aromatic rings. The van der Waals surface area contributed by atoms with Crippen LogP contribution in [-0.2, 0) is 0 Å². The van der Waals surface area contributed by atoms with Crippen LogP contribution in [0.15, 0.2) is 42.6 Å². The fourth-order valence-electron chi connectivity index (χ4n) is 2.80. The van der Waals surface area contributed by atoms with E-state index in [0.717, 1.165) is 18.4 Å². The zero-order valence-electron chi connectivity index (χ0n) is 11.3. The van der Waals surface area contributed by atoms with Gasteiger partial charge in [-0.15, -0.1) is 0 Å². The van der Waals surface area contributed by atoms with Gasteiger partial charge in [0.25, 0.3) is 0 Å². The summed E-state index contributed by atoms with van der Waals surface area (Å²) in [5.74, 6) is 0.0986. The van der Waals surface area contributed by atoms with Crippen molar-refractivity contribution in [3.63, 3.8) is 0 Å². The van der Waals surface area contributed by atoms with E-state index in [1.807, 2.05) is 4.90 Å². The summed E-state index contributed by atoms with van der Waals surface area (Å²) in [5.41, 5.74) is 0.959. The molecule has 0 spiro atoms. The van der Waals surface area contributed by atoms with Crippen LogP contribution in [0.3, 0.4) is 0 Å². The number of anilines is 1. The maximum Gasteiger partial charge on any atom is 0.311 e. The summed E-state index contributed by atoms with van der Waals surface area (Å²) in [6.45, 7) is 0.708. The molecule has 6 heteroatoms. The third-order valence-corrected chi connectivity index (χ3v) is 3.74. The van der Waals surface area contributed by atoms with Crippen LogP contribution in [0, 0.1) is 15.9 Å². The van der Waals surface area contributed by atoms with Crippen molar-refractivity contribution < 1.29 is 9.31 Å². The zero-order valence-corrected chi connectivity index (χ0v) is 11.3. The topological polar surface area (TPSA) is 59.3 Å². The number of hydrogen-bond donors (Lipinski definition) is 0. The molecule has 0 bridgehead atoms. The SMILES string of the molecule is O=[N+]([O-])c1cccnc1N1CCCC1c1ccc(F)cc1. The van der Waals surface area contributed by atoms with E-state index < -0.39 is 4.92 Å². The molecule has 0 N–H and O–H groups in total. The number of nitrogens with zero attached hydrogens (tertiary/aromatic N) is 3. The Morgan fingerprint density at radius 1 is 1.29 bits per heavy atom. The van der Waals surface area contributed by atoms with E-state index in [9.17, 15) is 14.5 Å². The lowest BCUT2D eigenvalue weighted by Gasteiger charge is -2.25. The van der Waals surface area contributed by atoms with Gasteiger partial charge < -0.3 is 4.90 Å². The molecule has 1 saturated heterocycles. The molecule has 0 amide bonds. The molecule has 0 saturated carbocycles. The lowest BCUT2D eigenvalue weighted by Crippen LogP contribution is -2.24. The predicted molar refractivity (Wildman–Crippen MR) is 76.6 cm³/mol. The van der Waals surface area contributed by atoms with Gasteiger partial charge in [-0.2, -0.15) is 0 Å². The number of nitro groups is 1. The van der Waals surface area contributed by atoms with Gasteiger partial charge in [0.05, 0.1) is 11.0 Å². The Morgan fingerprint density at radius 2 is 2.05 bits per heavy atom. The predicted octanol–water partition coefficient (Wildman–Crippen LogP) is 3.47. The molecule has 1 aliphatic rings. The summed E-state index contributed by atoms with van der Waals surface area (Å²) in [7, 11) is 0. The number of aromatic nitrogens is 1. The van der Waals surface area contributed by atoms with Crippen molar-refractivity contribution in [3.05, 3.63) is 64.1 Å². The van der Waals surface area contributed by atoms with Gasteiger partial charge in [0.1, 0.15) is 5.82 Å². The van der Waals surface area contributed by atoms with Crippen molar-refractivity contribution in [1.29, 1.82) is 0 Å². The van der Waals surface area contributed by atoms with Crippen LogP contribution in [0.25, 0.3) is 0 Å². The Hall–Kier alpha value is -2.50. The molecule has 2 heterocycles. The van der Waals surface area contributed by atoms with Crippen molar-refractivity contribution in [3.8, 4) is 0 Å². The average molecular weight is 287 g/mol. The monoisotopic (exact) mass is 287 g/mol. The molecule has 1 unspecified atom stereocenters. The lowest BCUT2D eigenvalue weighted by molar-refractivity contribution is -0.384. The number of hydrogen-bond acceptors (Lipinski definition) is 4. The number of rotatable bonds is 3. The minimum absolute atomic E-state index is 0.000741. The highest BCUT2D eigenvalue weighted by atomic mass is 19.1. The van der Waals surface area contributed by atoms with E-state index in [-0.39, 0.29) is 17.5 Å². The van der Waals surface area contributed by atoms with E-state index >= 15 is 0 Å². The fraction of sp³-hybridized carbons (Fsp3) is 0.267. The summed E-state index contributed by atoms with van der Waals surface area (Å²) >= 11 is 0. The normalized spacial score (nSPS) is 18.0. The minimum atomic E-state index is -0.414. The van der Waals surface area contributed by atoms with Gasteiger partial charge in [0, 0.05) is 18.8 Å². The molecule has 1 aliphatic heterocycles. The van der Waals surface area contributed by atoms with Gasteiger partial charge >= 0.3 is 5.69 Å². The second kappa shape index (κ2) is 5.47. The summed E-state index contributed by atoms with van der Waals surface area (Å²) < 4.78 is 13.0. The quantitative estimate of drug-likeness (QED) is 0.640. The molecule has 0 radical (unpaired) electrons. The van der Waals surface area contributed by atoms with Crippen LogP contribution in [0.2, 0.25) is 0 Å². The van der Waals surface area contributed by atoms with Crippen LogP contribution >= 0.6 is 0 Å². The molecule has 5 nitrogen and oxygen atoms in total. The lowest BCUT2D eigenvalue weighted by atomic mass is 10.0. The first-order chi connectivity index (χ1) is 10.2. The van der Waals surface area contributed by atoms with E-state index in [1.165, 1.54) is 18.2 Å². The van der Waals surface area contributed by atoms with Crippen molar-refractivity contribution in [2.24, 2.45) is 0 Å². The molecule has 21 heavy (non-hydrogen) atoms. The Morgan fingerprint density at radius 3 is 2.76 bits per heavy atom. The highest BCUT2D eigenvalue weighted by molar-refractivity contribution is 5.59. The van der Waals surface area contributed by atoms with Crippen LogP contribution in [0.4, 0.5) is 15.9 Å². The first kappa shape index (κ1) is 13.5. The molecule has 1 atom stereocenters. The molecule has 3 rings (SSSR count). The van der Waals surface area contributed by atoms with E-state index in [1.54, 1.807) is 24.4 Å². The first-order valence-electron chi connectivity index (χ1n) is 6.78. The van der Waals surface area contributed by atoms with Gasteiger partial charge in [0.15, 0.2) is 0 Å². The molecule has 108 valence electrons. The third kappa shape index (κ3) is 2.56. The van der Waals surface area contributed by atoms with Crippen LogP contribution in [0.5, 0.6) is 0 Å². The minimum Gasteiger partial charge on any atom is -0.344 e. The van der Waals surface area contributed by atoms with Crippen molar-refractivity contribution >= 4 is 11.5 Å². The Labute approximate surface area is 121 Å². The van der Waals surface area contributed by atoms with Crippen LogP contribution < -0.4 is 4.90 Å². The standard InChI is InChI=1S/C15H14FN3O2/c16-12-7-5-11(6-8-12)13-4-2-10-18(13)15-14(19(20)21)3-1-9-17-15/h1,3,5-9,13H,2,4,10H2. The summed E-state index contributed by atoms with van der Waals surface area (Å²) in [5, 5.41) is 11.2. The third-order valence-electron chi connectivity index (χ3n) is 3.74. The fourth-order valence-corrected chi connectivity index (χ4v) is 2.80. The molecule has 1 aromatic carbocycles. The largest absolute Gasteiger partial charge is 0.344 e. The van der Waals surface area contributed by atoms with Crippen LogP contribution in [0.1, 0.15) is 24.4 Å². The van der Waals surface area contributed by atoms with E-state index in [0.29, 0.717) is 12.4 Å². The highest BCUT2D eigenvalue weighted by Crippen LogP contribution is 2.38.